The molecule has 0 amide bonds. The lowest BCUT2D eigenvalue weighted by molar-refractivity contribution is 0.298. The van der Waals surface area contributed by atoms with Crippen LogP contribution in [0.25, 0.3) is 10.8 Å². The molecule has 0 heterocycles. The molecule has 0 radical (unpaired) electrons. The maximum Gasteiger partial charge on any atom is 0.647 e. The fraction of sp³-hybridized carbons (Fsp3) is 0.389. The van der Waals surface area contributed by atoms with Crippen LogP contribution in [0.2, 0.25) is 0 Å². The van der Waals surface area contributed by atoms with Crippen LogP contribution in [0, 0.1) is 0 Å². The molecule has 5 nitrogen and oxygen atoms in total. The van der Waals surface area contributed by atoms with E-state index in [1.807, 2.05) is 66.7 Å². The minimum atomic E-state index is -4.18. The van der Waals surface area contributed by atoms with Crippen molar-refractivity contribution in [3.8, 4) is 23.0 Å². The lowest BCUT2D eigenvalue weighted by Crippen LogP contribution is -2.08. The van der Waals surface area contributed by atoms with Gasteiger partial charge in [0.25, 0.3) is 0 Å². The summed E-state index contributed by atoms with van der Waals surface area (Å²) in [6.45, 7) is 2.92. The van der Waals surface area contributed by atoms with Crippen molar-refractivity contribution in [2.45, 2.75) is 81.8 Å². The van der Waals surface area contributed by atoms with Crippen LogP contribution in [0.5, 0.6) is 23.0 Å². The van der Waals surface area contributed by atoms with Gasteiger partial charge in [-0.05, 0) is 65.4 Å². The van der Waals surface area contributed by atoms with Gasteiger partial charge in [0.2, 0.25) is 0 Å². The highest BCUT2D eigenvalue weighted by Crippen LogP contribution is 2.51. The average Bonchev–Trinajstić information content (AvgIpc) is 3.04. The fourth-order valence-electron chi connectivity index (χ4n) is 4.98. The number of halogens is 2. The molecular formula is C36H43Br2O5P. The predicted molar refractivity (Wildman–Crippen MR) is 189 cm³/mol. The van der Waals surface area contributed by atoms with E-state index in [4.69, 9.17) is 18.3 Å². The van der Waals surface area contributed by atoms with Gasteiger partial charge in [-0.1, -0.05) is 139 Å². The van der Waals surface area contributed by atoms with Crippen LogP contribution in [0.3, 0.4) is 0 Å². The number of benzene rings is 4. The summed E-state index contributed by atoms with van der Waals surface area (Å²) < 4.78 is 38.6. The molecule has 0 spiro atoms. The molecule has 44 heavy (non-hydrogen) atoms. The number of phosphoric ester groups is 1. The Morgan fingerprint density at radius 2 is 1.16 bits per heavy atom. The molecule has 0 atom stereocenters. The Morgan fingerprint density at radius 3 is 1.75 bits per heavy atom. The van der Waals surface area contributed by atoms with Crippen LogP contribution in [0.1, 0.15) is 82.3 Å². The summed E-state index contributed by atoms with van der Waals surface area (Å²) in [7, 11) is -4.18. The topological polar surface area (TPSA) is 54.0 Å². The van der Waals surface area contributed by atoms with Crippen LogP contribution in [0.4, 0.5) is 0 Å². The van der Waals surface area contributed by atoms with Crippen LogP contribution in [0.15, 0.2) is 84.9 Å². The Kier molecular flexibility index (Phi) is 14.5. The first-order valence-corrected chi connectivity index (χ1v) is 19.4. The van der Waals surface area contributed by atoms with Crippen molar-refractivity contribution in [1.82, 2.24) is 0 Å². The Hall–Kier alpha value is -2.47. The van der Waals surface area contributed by atoms with Crippen LogP contribution >= 0.6 is 39.7 Å². The quantitative estimate of drug-likeness (QED) is 0.0512. The van der Waals surface area contributed by atoms with E-state index in [0.29, 0.717) is 34.5 Å². The van der Waals surface area contributed by atoms with Gasteiger partial charge in [0.05, 0.1) is 6.61 Å². The number of alkyl halides is 2. The highest BCUT2D eigenvalue weighted by Gasteiger charge is 2.34. The number of rotatable bonds is 20. The molecule has 0 aliphatic carbocycles. The molecule has 0 bridgehead atoms. The Labute approximate surface area is 279 Å². The van der Waals surface area contributed by atoms with Gasteiger partial charge in [-0.3, -0.25) is 0 Å². The summed E-state index contributed by atoms with van der Waals surface area (Å²) in [5, 5.41) is 2.97. The molecule has 0 aliphatic rings. The van der Waals surface area contributed by atoms with E-state index in [-0.39, 0.29) is 0 Å². The fourth-order valence-corrected chi connectivity index (χ4v) is 6.93. The van der Waals surface area contributed by atoms with Gasteiger partial charge in [-0.15, -0.1) is 0 Å². The van der Waals surface area contributed by atoms with Gasteiger partial charge >= 0.3 is 7.82 Å². The minimum absolute atomic E-state index is 0.391. The standard InChI is InChI=1S/C36H43Br2O5P/c1-2-3-4-5-6-7-8-9-10-11-23-40-32-22-21-31-17-14-20-36(35(31)26-32)43-44(39,41-33-18-12-15-29(24-33)27-37)42-34-19-13-16-30(25-34)28-38/h12-22,24-26H,2-11,23,27-28H2,1H3. The molecule has 0 fully saturated rings. The number of fused-ring (bicyclic) bond motifs is 1. The molecule has 4 rings (SSSR count). The van der Waals surface area contributed by atoms with E-state index in [1.54, 1.807) is 18.2 Å². The highest BCUT2D eigenvalue weighted by molar-refractivity contribution is 9.08. The molecule has 0 unspecified atom stereocenters. The second-order valence-electron chi connectivity index (χ2n) is 11.0. The normalized spacial score (nSPS) is 11.4. The number of unbranched alkanes of at least 4 members (excludes halogenated alkanes) is 9. The molecule has 4 aromatic rings. The molecule has 0 N–H and O–H groups in total. The summed E-state index contributed by atoms with van der Waals surface area (Å²) in [6, 6.07) is 26.2. The number of phosphoric acid groups is 1. The summed E-state index contributed by atoms with van der Waals surface area (Å²) in [5.74, 6) is 1.92. The van der Waals surface area contributed by atoms with E-state index < -0.39 is 7.82 Å². The Morgan fingerprint density at radius 1 is 0.591 bits per heavy atom. The second kappa shape index (κ2) is 18.5. The summed E-state index contributed by atoms with van der Waals surface area (Å²) >= 11 is 6.94. The lowest BCUT2D eigenvalue weighted by Gasteiger charge is -2.21. The van der Waals surface area contributed by atoms with Crippen molar-refractivity contribution in [1.29, 1.82) is 0 Å². The van der Waals surface area contributed by atoms with Gasteiger partial charge in [-0.25, -0.2) is 0 Å². The molecule has 4 aromatic carbocycles. The zero-order valence-corrected chi connectivity index (χ0v) is 29.6. The maximum absolute atomic E-state index is 14.3. The third-order valence-electron chi connectivity index (χ3n) is 7.33. The zero-order chi connectivity index (χ0) is 31.0. The number of ether oxygens (including phenoxy) is 1. The first-order valence-electron chi connectivity index (χ1n) is 15.7. The smallest absolute Gasteiger partial charge is 0.494 e. The van der Waals surface area contributed by atoms with E-state index in [2.05, 4.69) is 38.8 Å². The van der Waals surface area contributed by atoms with Gasteiger partial charge in [0.1, 0.15) is 23.0 Å². The SMILES string of the molecule is CCCCCCCCCCCCOc1ccc2cccc(OP(=O)(Oc3cccc(CBr)c3)Oc3cccc(CBr)c3)c2c1. The van der Waals surface area contributed by atoms with E-state index in [9.17, 15) is 4.57 Å². The minimum Gasteiger partial charge on any atom is -0.494 e. The van der Waals surface area contributed by atoms with Crippen molar-refractivity contribution < 1.29 is 22.9 Å². The van der Waals surface area contributed by atoms with Crippen molar-refractivity contribution >= 4 is 50.5 Å². The van der Waals surface area contributed by atoms with E-state index in [0.717, 1.165) is 34.1 Å². The van der Waals surface area contributed by atoms with Crippen molar-refractivity contribution in [3.63, 3.8) is 0 Å². The molecule has 0 aliphatic heterocycles. The first kappa shape index (κ1) is 34.4. The molecule has 8 heteroatoms. The molecule has 0 saturated carbocycles. The Bertz CT molecular complexity index is 1440. The predicted octanol–water partition coefficient (Wildman–Crippen LogP) is 12.6. The van der Waals surface area contributed by atoms with Crippen LogP contribution in [-0.2, 0) is 15.2 Å². The summed E-state index contributed by atoms with van der Waals surface area (Å²) in [4.78, 5) is 0. The average molecular weight is 747 g/mol. The number of hydrogen-bond acceptors (Lipinski definition) is 5. The van der Waals surface area contributed by atoms with Gasteiger partial charge in [0, 0.05) is 16.0 Å². The van der Waals surface area contributed by atoms with Crippen molar-refractivity contribution in [2.75, 3.05) is 6.61 Å². The van der Waals surface area contributed by atoms with Gasteiger partial charge in [-0.2, -0.15) is 4.57 Å². The van der Waals surface area contributed by atoms with Gasteiger partial charge in [0.15, 0.2) is 0 Å². The third-order valence-corrected chi connectivity index (χ3v) is 9.91. The maximum atomic E-state index is 14.3. The highest BCUT2D eigenvalue weighted by atomic mass is 79.9. The van der Waals surface area contributed by atoms with Crippen LogP contribution in [-0.4, -0.2) is 6.61 Å². The van der Waals surface area contributed by atoms with Crippen molar-refractivity contribution in [3.05, 3.63) is 96.1 Å². The van der Waals surface area contributed by atoms with E-state index in [1.165, 1.54) is 57.8 Å². The van der Waals surface area contributed by atoms with Gasteiger partial charge < -0.3 is 18.3 Å². The lowest BCUT2D eigenvalue weighted by atomic mass is 10.1. The van der Waals surface area contributed by atoms with Crippen molar-refractivity contribution in [2.24, 2.45) is 0 Å². The zero-order valence-electron chi connectivity index (χ0n) is 25.5. The number of hydrogen-bond donors (Lipinski definition) is 0. The van der Waals surface area contributed by atoms with E-state index >= 15 is 0 Å². The molecule has 236 valence electrons. The summed E-state index contributed by atoms with van der Waals surface area (Å²) in [5.41, 5.74) is 1.95. The second-order valence-corrected chi connectivity index (χ2v) is 13.5. The Balaban J connectivity index is 1.44. The molecular weight excluding hydrogens is 703 g/mol. The summed E-state index contributed by atoms with van der Waals surface area (Å²) in [6.07, 6.45) is 12.8. The first-order chi connectivity index (χ1) is 21.5. The largest absolute Gasteiger partial charge is 0.647 e. The molecule has 0 aromatic heterocycles. The third kappa shape index (κ3) is 11.2. The monoisotopic (exact) mass is 744 g/mol. The molecule has 0 saturated heterocycles. The van der Waals surface area contributed by atoms with Crippen LogP contribution < -0.4 is 18.3 Å².